The lowest BCUT2D eigenvalue weighted by molar-refractivity contribution is -0.119. The van der Waals surface area contributed by atoms with Crippen molar-refractivity contribution in [3.8, 4) is 5.75 Å². The first-order valence-electron chi connectivity index (χ1n) is 6.89. The lowest BCUT2D eigenvalue weighted by atomic mass is 10.1. The number of hydrogen-bond donors (Lipinski definition) is 2. The van der Waals surface area contributed by atoms with E-state index in [0.29, 0.717) is 5.75 Å². The summed E-state index contributed by atoms with van der Waals surface area (Å²) in [4.78, 5) is 10.7. The van der Waals surface area contributed by atoms with Crippen LogP contribution in [0.5, 0.6) is 5.75 Å². The highest BCUT2D eigenvalue weighted by molar-refractivity contribution is 5.75. The van der Waals surface area contributed by atoms with Gasteiger partial charge in [-0.3, -0.25) is 4.79 Å². The first kappa shape index (κ1) is 14.9. The molecule has 1 unspecified atom stereocenters. The Balaban J connectivity index is 2.05. The number of ether oxygens (including phenoxy) is 1. The number of nitrogens with one attached hydrogen (secondary N) is 1. The first-order chi connectivity index (χ1) is 10.1. The summed E-state index contributed by atoms with van der Waals surface area (Å²) >= 11 is 0. The minimum atomic E-state index is -0.479. The van der Waals surface area contributed by atoms with E-state index in [1.807, 2.05) is 43.3 Å². The number of rotatable bonds is 6. The molecule has 0 aliphatic heterocycles. The zero-order chi connectivity index (χ0) is 15.2. The minimum absolute atomic E-state index is 0.105. The zero-order valence-corrected chi connectivity index (χ0v) is 12.3. The molecule has 0 aliphatic rings. The van der Waals surface area contributed by atoms with Gasteiger partial charge in [0.15, 0.2) is 6.61 Å². The van der Waals surface area contributed by atoms with E-state index in [1.165, 1.54) is 5.56 Å². The van der Waals surface area contributed by atoms with Crippen molar-refractivity contribution in [2.75, 3.05) is 11.9 Å². The molecule has 4 nitrogen and oxygen atoms in total. The molecule has 0 fully saturated rings. The monoisotopic (exact) mass is 284 g/mol. The molecule has 0 saturated carbocycles. The van der Waals surface area contributed by atoms with Crippen LogP contribution in [0.2, 0.25) is 0 Å². The molecule has 2 aromatic rings. The molecule has 4 heteroatoms. The van der Waals surface area contributed by atoms with Crippen LogP contribution in [0.1, 0.15) is 24.1 Å². The van der Waals surface area contributed by atoms with Crippen molar-refractivity contribution in [3.05, 3.63) is 59.7 Å². The summed E-state index contributed by atoms with van der Waals surface area (Å²) < 4.78 is 5.29. The van der Waals surface area contributed by atoms with Crippen molar-refractivity contribution in [2.24, 2.45) is 5.73 Å². The second kappa shape index (κ2) is 6.79. The van der Waals surface area contributed by atoms with Crippen LogP contribution >= 0.6 is 0 Å². The summed E-state index contributed by atoms with van der Waals surface area (Å²) in [5.74, 6) is 0.164. The van der Waals surface area contributed by atoms with E-state index in [2.05, 4.69) is 24.4 Å². The molecule has 0 aromatic heterocycles. The molecule has 0 radical (unpaired) electrons. The van der Waals surface area contributed by atoms with E-state index in [1.54, 1.807) is 0 Å². The molecular formula is C17H20N2O2. The minimum Gasteiger partial charge on any atom is -0.484 e. The fraction of sp³-hybridized carbons (Fsp3) is 0.235. The number of nitrogens with two attached hydrogens (primary N) is 1. The van der Waals surface area contributed by atoms with Crippen molar-refractivity contribution in [2.45, 2.75) is 19.9 Å². The maximum atomic E-state index is 10.7. The van der Waals surface area contributed by atoms with Gasteiger partial charge in [0.05, 0.1) is 0 Å². The zero-order valence-electron chi connectivity index (χ0n) is 12.3. The highest BCUT2D eigenvalue weighted by Crippen LogP contribution is 2.25. The summed E-state index contributed by atoms with van der Waals surface area (Å²) in [5, 5.41) is 3.47. The Kier molecular flexibility index (Phi) is 4.82. The predicted molar refractivity (Wildman–Crippen MR) is 84.3 cm³/mol. The van der Waals surface area contributed by atoms with Gasteiger partial charge in [-0.2, -0.15) is 0 Å². The van der Waals surface area contributed by atoms with Gasteiger partial charge in [-0.1, -0.05) is 30.3 Å². The van der Waals surface area contributed by atoms with Crippen LogP contribution in [-0.2, 0) is 4.79 Å². The molecule has 2 aromatic carbocycles. The van der Waals surface area contributed by atoms with E-state index < -0.39 is 5.91 Å². The third-order valence-electron chi connectivity index (χ3n) is 3.25. The number of anilines is 1. The van der Waals surface area contributed by atoms with E-state index in [4.69, 9.17) is 10.5 Å². The van der Waals surface area contributed by atoms with Crippen molar-refractivity contribution >= 4 is 11.6 Å². The fourth-order valence-electron chi connectivity index (χ4n) is 2.10. The molecule has 3 N–H and O–H groups in total. The number of primary amides is 1. The molecular weight excluding hydrogens is 264 g/mol. The van der Waals surface area contributed by atoms with Gasteiger partial charge in [-0.25, -0.2) is 0 Å². The van der Waals surface area contributed by atoms with Crippen LogP contribution in [0.15, 0.2) is 48.5 Å². The molecule has 0 bridgehead atoms. The van der Waals surface area contributed by atoms with E-state index in [9.17, 15) is 4.79 Å². The maximum absolute atomic E-state index is 10.7. The Bertz CT molecular complexity index is 611. The lowest BCUT2D eigenvalue weighted by Crippen LogP contribution is -2.20. The molecule has 0 spiro atoms. The van der Waals surface area contributed by atoms with Gasteiger partial charge in [0.1, 0.15) is 5.75 Å². The van der Waals surface area contributed by atoms with Crippen molar-refractivity contribution in [1.82, 2.24) is 0 Å². The Morgan fingerprint density at radius 2 is 1.95 bits per heavy atom. The predicted octanol–water partition coefficient (Wildman–Crippen LogP) is 3.03. The van der Waals surface area contributed by atoms with Gasteiger partial charge in [0.2, 0.25) is 0 Å². The number of benzene rings is 2. The molecule has 1 atom stereocenters. The SMILES string of the molecule is Cc1cc(OCC(N)=O)ccc1NC(C)c1ccccc1. The molecule has 110 valence electrons. The third kappa shape index (κ3) is 4.24. The van der Waals surface area contributed by atoms with Crippen LogP contribution < -0.4 is 15.8 Å². The van der Waals surface area contributed by atoms with E-state index in [0.717, 1.165) is 11.3 Å². The largest absolute Gasteiger partial charge is 0.484 e. The molecule has 0 aliphatic carbocycles. The first-order valence-corrected chi connectivity index (χ1v) is 6.89. The average molecular weight is 284 g/mol. The van der Waals surface area contributed by atoms with Crippen LogP contribution in [0, 0.1) is 6.92 Å². The second-order valence-corrected chi connectivity index (χ2v) is 5.01. The number of carbonyl (C=O) groups is 1. The summed E-state index contributed by atoms with van der Waals surface area (Å²) in [6.45, 7) is 4.01. The van der Waals surface area contributed by atoms with E-state index in [-0.39, 0.29) is 12.6 Å². The van der Waals surface area contributed by atoms with Crippen LogP contribution in [0.25, 0.3) is 0 Å². The summed E-state index contributed by atoms with van der Waals surface area (Å²) in [7, 11) is 0. The molecule has 0 saturated heterocycles. The Hall–Kier alpha value is -2.49. The van der Waals surface area contributed by atoms with Crippen molar-refractivity contribution < 1.29 is 9.53 Å². The molecule has 1 amide bonds. The van der Waals surface area contributed by atoms with Gasteiger partial charge < -0.3 is 15.8 Å². The van der Waals surface area contributed by atoms with E-state index >= 15 is 0 Å². The number of aryl methyl sites for hydroxylation is 1. The Labute approximate surface area is 124 Å². The fourth-order valence-corrected chi connectivity index (χ4v) is 2.10. The summed E-state index contributed by atoms with van der Waals surface area (Å²) in [6.07, 6.45) is 0. The van der Waals surface area contributed by atoms with Gasteiger partial charge in [-0.05, 0) is 43.2 Å². The second-order valence-electron chi connectivity index (χ2n) is 5.01. The number of hydrogen-bond acceptors (Lipinski definition) is 3. The molecule has 0 heterocycles. The van der Waals surface area contributed by atoms with Gasteiger partial charge in [-0.15, -0.1) is 0 Å². The highest BCUT2D eigenvalue weighted by Gasteiger charge is 2.07. The van der Waals surface area contributed by atoms with Crippen molar-refractivity contribution in [1.29, 1.82) is 0 Å². The summed E-state index contributed by atoms with van der Waals surface area (Å²) in [6, 6.07) is 16.1. The van der Waals surface area contributed by atoms with Gasteiger partial charge in [0, 0.05) is 11.7 Å². The van der Waals surface area contributed by atoms with Gasteiger partial charge in [0.25, 0.3) is 5.91 Å². The van der Waals surface area contributed by atoms with Gasteiger partial charge >= 0.3 is 0 Å². The summed E-state index contributed by atoms with van der Waals surface area (Å²) in [5.41, 5.74) is 8.38. The Morgan fingerprint density at radius 1 is 1.24 bits per heavy atom. The smallest absolute Gasteiger partial charge is 0.255 e. The number of amides is 1. The van der Waals surface area contributed by atoms with Crippen LogP contribution in [-0.4, -0.2) is 12.5 Å². The van der Waals surface area contributed by atoms with Crippen LogP contribution in [0.3, 0.4) is 0 Å². The normalized spacial score (nSPS) is 11.7. The highest BCUT2D eigenvalue weighted by atomic mass is 16.5. The van der Waals surface area contributed by atoms with Crippen molar-refractivity contribution in [3.63, 3.8) is 0 Å². The van der Waals surface area contributed by atoms with Crippen LogP contribution in [0.4, 0.5) is 5.69 Å². The maximum Gasteiger partial charge on any atom is 0.255 e. The molecule has 2 rings (SSSR count). The standard InChI is InChI=1S/C17H20N2O2/c1-12-10-15(21-11-17(18)20)8-9-16(12)19-13(2)14-6-4-3-5-7-14/h3-10,13,19H,11H2,1-2H3,(H2,18,20). The lowest BCUT2D eigenvalue weighted by Gasteiger charge is -2.18. The third-order valence-corrected chi connectivity index (χ3v) is 3.25. The quantitative estimate of drug-likeness (QED) is 0.857. The molecule has 21 heavy (non-hydrogen) atoms. The number of carbonyl (C=O) groups excluding carboxylic acids is 1. The topological polar surface area (TPSA) is 64.3 Å². The average Bonchev–Trinajstić information content (AvgIpc) is 2.48. The Morgan fingerprint density at radius 3 is 2.57 bits per heavy atom.